The Bertz CT molecular complexity index is 394. The Morgan fingerprint density at radius 3 is 2.58 bits per heavy atom. The van der Waals surface area contributed by atoms with E-state index < -0.39 is 0 Å². The van der Waals surface area contributed by atoms with Crippen LogP contribution in [0, 0.1) is 11.3 Å². The van der Waals surface area contributed by atoms with E-state index in [0.29, 0.717) is 5.92 Å². The molecule has 0 aliphatic carbocycles. The fraction of sp³-hybridized carbons (Fsp3) is 0.647. The zero-order valence-electron chi connectivity index (χ0n) is 12.7. The third-order valence-corrected chi connectivity index (χ3v) is 3.60. The molecule has 19 heavy (non-hydrogen) atoms. The largest absolute Gasteiger partial charge is 0.372 e. The van der Waals surface area contributed by atoms with Crippen LogP contribution < -0.4 is 5.32 Å². The molecule has 1 aliphatic rings. The summed E-state index contributed by atoms with van der Waals surface area (Å²) in [6.07, 6.45) is 1.34. The molecule has 2 heteroatoms. The van der Waals surface area contributed by atoms with E-state index in [1.807, 2.05) is 0 Å². The first kappa shape index (κ1) is 14.5. The molecule has 0 amide bonds. The molecule has 0 saturated carbocycles. The molecule has 1 aromatic carbocycles. The Morgan fingerprint density at radius 2 is 1.95 bits per heavy atom. The summed E-state index contributed by atoms with van der Waals surface area (Å²) < 4.78 is 6.06. The van der Waals surface area contributed by atoms with E-state index in [1.165, 1.54) is 11.1 Å². The molecular weight excluding hydrogens is 234 g/mol. The highest BCUT2D eigenvalue weighted by Gasteiger charge is 2.25. The van der Waals surface area contributed by atoms with Crippen LogP contribution in [0.2, 0.25) is 0 Å². The second-order valence-electron chi connectivity index (χ2n) is 6.93. The normalized spacial score (nSPS) is 23.3. The molecule has 1 saturated heterocycles. The first-order chi connectivity index (χ1) is 8.96. The van der Waals surface area contributed by atoms with Gasteiger partial charge in [0.05, 0.1) is 12.7 Å². The molecule has 2 rings (SSSR count). The molecule has 106 valence electrons. The molecule has 0 spiro atoms. The quantitative estimate of drug-likeness (QED) is 0.898. The molecular formula is C17H27NO. The van der Waals surface area contributed by atoms with E-state index >= 15 is 0 Å². The van der Waals surface area contributed by atoms with Gasteiger partial charge in [-0.05, 0) is 23.5 Å². The first-order valence-corrected chi connectivity index (χ1v) is 7.37. The van der Waals surface area contributed by atoms with Gasteiger partial charge in [0, 0.05) is 18.5 Å². The van der Waals surface area contributed by atoms with Crippen molar-refractivity contribution < 1.29 is 4.74 Å². The van der Waals surface area contributed by atoms with E-state index in [4.69, 9.17) is 4.74 Å². The Labute approximate surface area is 117 Å². The summed E-state index contributed by atoms with van der Waals surface area (Å²) in [5.41, 5.74) is 2.94. The molecule has 1 unspecified atom stereocenters. The minimum Gasteiger partial charge on any atom is -0.372 e. The lowest BCUT2D eigenvalue weighted by Gasteiger charge is -2.21. The lowest BCUT2D eigenvalue weighted by molar-refractivity contribution is 0.0260. The third-order valence-electron chi connectivity index (χ3n) is 3.60. The maximum Gasteiger partial charge on any atom is 0.0949 e. The smallest absolute Gasteiger partial charge is 0.0949 e. The van der Waals surface area contributed by atoms with Gasteiger partial charge < -0.3 is 10.1 Å². The number of hydrogen-bond donors (Lipinski definition) is 1. The van der Waals surface area contributed by atoms with E-state index in [2.05, 4.69) is 57.3 Å². The number of rotatable bonds is 3. The van der Waals surface area contributed by atoms with Crippen molar-refractivity contribution >= 4 is 0 Å². The van der Waals surface area contributed by atoms with Crippen LogP contribution in [0.15, 0.2) is 24.3 Å². The van der Waals surface area contributed by atoms with Crippen molar-refractivity contribution in [1.29, 1.82) is 0 Å². The van der Waals surface area contributed by atoms with Crippen LogP contribution in [-0.2, 0) is 11.2 Å². The summed E-state index contributed by atoms with van der Waals surface area (Å²) in [6.45, 7) is 11.8. The summed E-state index contributed by atoms with van der Waals surface area (Å²) in [4.78, 5) is 0. The molecule has 1 atom stereocenters. The SMILES string of the molecule is CC(C)Cc1ccc(C2CNCC(C)(C)CO2)cc1. The average molecular weight is 261 g/mol. The molecule has 1 aliphatic heterocycles. The highest BCUT2D eigenvalue weighted by atomic mass is 16.5. The van der Waals surface area contributed by atoms with Crippen molar-refractivity contribution in [2.24, 2.45) is 11.3 Å². The maximum atomic E-state index is 6.06. The Balaban J connectivity index is 2.01. The Morgan fingerprint density at radius 1 is 1.26 bits per heavy atom. The molecule has 2 nitrogen and oxygen atoms in total. The van der Waals surface area contributed by atoms with Gasteiger partial charge in [-0.15, -0.1) is 0 Å². The fourth-order valence-electron chi connectivity index (χ4n) is 2.53. The first-order valence-electron chi connectivity index (χ1n) is 7.37. The van der Waals surface area contributed by atoms with Crippen LogP contribution in [0.25, 0.3) is 0 Å². The average Bonchev–Trinajstić information content (AvgIpc) is 2.51. The zero-order valence-corrected chi connectivity index (χ0v) is 12.7. The van der Waals surface area contributed by atoms with Gasteiger partial charge in [-0.1, -0.05) is 52.0 Å². The topological polar surface area (TPSA) is 21.3 Å². The second kappa shape index (κ2) is 6.06. The summed E-state index contributed by atoms with van der Waals surface area (Å²) >= 11 is 0. The summed E-state index contributed by atoms with van der Waals surface area (Å²) in [7, 11) is 0. The van der Waals surface area contributed by atoms with E-state index in [9.17, 15) is 0 Å². The fourth-order valence-corrected chi connectivity index (χ4v) is 2.53. The van der Waals surface area contributed by atoms with Gasteiger partial charge >= 0.3 is 0 Å². The third kappa shape index (κ3) is 4.32. The molecule has 1 N–H and O–H groups in total. The van der Waals surface area contributed by atoms with Crippen molar-refractivity contribution in [2.75, 3.05) is 19.7 Å². The van der Waals surface area contributed by atoms with Gasteiger partial charge in [0.15, 0.2) is 0 Å². The highest BCUT2D eigenvalue weighted by Crippen LogP contribution is 2.25. The number of benzene rings is 1. The summed E-state index contributed by atoms with van der Waals surface area (Å²) in [5.74, 6) is 0.711. The van der Waals surface area contributed by atoms with Crippen LogP contribution in [0.4, 0.5) is 0 Å². The predicted molar refractivity (Wildman–Crippen MR) is 80.3 cm³/mol. The van der Waals surface area contributed by atoms with Crippen LogP contribution in [0.1, 0.15) is 44.9 Å². The molecule has 0 aromatic heterocycles. The lowest BCUT2D eigenvalue weighted by Crippen LogP contribution is -2.29. The number of ether oxygens (including phenoxy) is 1. The van der Waals surface area contributed by atoms with Gasteiger partial charge in [0.25, 0.3) is 0 Å². The van der Waals surface area contributed by atoms with Gasteiger partial charge in [-0.25, -0.2) is 0 Å². The Kier molecular flexibility index (Phi) is 4.64. The Hall–Kier alpha value is -0.860. The highest BCUT2D eigenvalue weighted by molar-refractivity contribution is 5.25. The van der Waals surface area contributed by atoms with Crippen molar-refractivity contribution in [3.8, 4) is 0 Å². The maximum absolute atomic E-state index is 6.06. The zero-order chi connectivity index (χ0) is 13.9. The molecule has 1 heterocycles. The van der Waals surface area contributed by atoms with Crippen LogP contribution in [0.5, 0.6) is 0 Å². The monoisotopic (exact) mass is 261 g/mol. The van der Waals surface area contributed by atoms with Crippen molar-refractivity contribution in [3.05, 3.63) is 35.4 Å². The minimum atomic E-state index is 0.190. The van der Waals surface area contributed by atoms with E-state index in [0.717, 1.165) is 26.1 Å². The van der Waals surface area contributed by atoms with E-state index in [1.54, 1.807) is 0 Å². The van der Waals surface area contributed by atoms with Gasteiger partial charge in [0.1, 0.15) is 0 Å². The predicted octanol–water partition coefficient (Wildman–Crippen LogP) is 3.57. The molecule has 1 aromatic rings. The summed E-state index contributed by atoms with van der Waals surface area (Å²) in [5, 5.41) is 3.51. The van der Waals surface area contributed by atoms with Gasteiger partial charge in [-0.3, -0.25) is 0 Å². The number of hydrogen-bond acceptors (Lipinski definition) is 2. The molecule has 0 bridgehead atoms. The van der Waals surface area contributed by atoms with E-state index in [-0.39, 0.29) is 11.5 Å². The van der Waals surface area contributed by atoms with Crippen molar-refractivity contribution in [2.45, 2.75) is 40.2 Å². The van der Waals surface area contributed by atoms with Gasteiger partial charge in [-0.2, -0.15) is 0 Å². The minimum absolute atomic E-state index is 0.190. The molecule has 1 fully saturated rings. The van der Waals surface area contributed by atoms with Gasteiger partial charge in [0.2, 0.25) is 0 Å². The van der Waals surface area contributed by atoms with Crippen molar-refractivity contribution in [3.63, 3.8) is 0 Å². The standard InChI is InChI=1S/C17H27NO/c1-13(2)9-14-5-7-15(8-6-14)16-10-18-11-17(3,4)12-19-16/h5-8,13,16,18H,9-12H2,1-4H3. The summed E-state index contributed by atoms with van der Waals surface area (Å²) in [6, 6.07) is 8.94. The number of nitrogens with one attached hydrogen (secondary N) is 1. The van der Waals surface area contributed by atoms with Crippen LogP contribution >= 0.6 is 0 Å². The van der Waals surface area contributed by atoms with Crippen LogP contribution in [0.3, 0.4) is 0 Å². The second-order valence-corrected chi connectivity index (χ2v) is 6.93. The van der Waals surface area contributed by atoms with Crippen molar-refractivity contribution in [1.82, 2.24) is 5.32 Å². The molecule has 0 radical (unpaired) electrons. The van der Waals surface area contributed by atoms with Crippen LogP contribution in [-0.4, -0.2) is 19.7 Å². The lowest BCUT2D eigenvalue weighted by atomic mass is 9.95.